The molecule has 0 aromatic carbocycles. The molecule has 180 valence electrons. The van der Waals surface area contributed by atoms with E-state index in [2.05, 4.69) is 20.3 Å². The first-order valence-corrected chi connectivity index (χ1v) is 13.5. The Morgan fingerprint density at radius 3 is 2.33 bits per heavy atom. The standard InChI is InChI=1S/C25H40N8/c26-19-7-9-20(10-8-19)28-25-29-23(31-32-13-11-18(12-14-32)15-17-5-6-17)22-24(30-25)33(16-27-22)21-3-1-2-4-21/h16-21H,1-15,26H2,(H2,28,29,30,31)/t19-,20-. The predicted octanol–water partition coefficient (Wildman–Crippen LogP) is 4.46. The SMILES string of the molecule is N[C@H]1CC[C@H](Nc2nc(NN3CCC(CC4CC4)CC3)c3ncn(C4CCCC4)c3n2)CC1. The Morgan fingerprint density at radius 1 is 0.879 bits per heavy atom. The van der Waals surface area contributed by atoms with E-state index in [1.54, 1.807) is 0 Å². The molecule has 6 rings (SSSR count). The van der Waals surface area contributed by atoms with Gasteiger partial charge in [0.2, 0.25) is 5.95 Å². The van der Waals surface area contributed by atoms with Crippen LogP contribution in [-0.4, -0.2) is 49.7 Å². The normalized spacial score (nSPS) is 27.9. The van der Waals surface area contributed by atoms with Crippen molar-refractivity contribution < 1.29 is 0 Å². The Hall–Kier alpha value is -1.93. The number of hydrogen-bond donors (Lipinski definition) is 3. The minimum absolute atomic E-state index is 0.343. The number of hydrogen-bond acceptors (Lipinski definition) is 7. The predicted molar refractivity (Wildman–Crippen MR) is 132 cm³/mol. The summed E-state index contributed by atoms with van der Waals surface area (Å²) in [7, 11) is 0. The van der Waals surface area contributed by atoms with Gasteiger partial charge in [-0.15, -0.1) is 0 Å². The average Bonchev–Trinajstić information content (AvgIpc) is 3.29. The molecule has 0 amide bonds. The molecule has 4 N–H and O–H groups in total. The molecule has 8 nitrogen and oxygen atoms in total. The van der Waals surface area contributed by atoms with Gasteiger partial charge in [-0.2, -0.15) is 9.97 Å². The van der Waals surface area contributed by atoms with Crippen LogP contribution in [-0.2, 0) is 0 Å². The van der Waals surface area contributed by atoms with Crippen LogP contribution in [0.3, 0.4) is 0 Å². The molecule has 4 fully saturated rings. The maximum atomic E-state index is 6.12. The number of imidazole rings is 1. The minimum Gasteiger partial charge on any atom is -0.351 e. The summed E-state index contributed by atoms with van der Waals surface area (Å²) in [6.45, 7) is 2.16. The molecule has 0 radical (unpaired) electrons. The van der Waals surface area contributed by atoms with Gasteiger partial charge < -0.3 is 21.0 Å². The van der Waals surface area contributed by atoms with Gasteiger partial charge in [-0.3, -0.25) is 0 Å². The summed E-state index contributed by atoms with van der Waals surface area (Å²) < 4.78 is 2.30. The van der Waals surface area contributed by atoms with Crippen LogP contribution < -0.4 is 16.5 Å². The van der Waals surface area contributed by atoms with Crippen molar-refractivity contribution in [3.05, 3.63) is 6.33 Å². The number of rotatable bonds is 7. The molecular weight excluding hydrogens is 412 g/mol. The highest BCUT2D eigenvalue weighted by Crippen LogP contribution is 2.38. The van der Waals surface area contributed by atoms with Gasteiger partial charge in [0.05, 0.1) is 6.33 Å². The highest BCUT2D eigenvalue weighted by atomic mass is 15.5. The van der Waals surface area contributed by atoms with Crippen LogP contribution in [0.4, 0.5) is 11.8 Å². The van der Waals surface area contributed by atoms with Crippen molar-refractivity contribution in [1.82, 2.24) is 24.5 Å². The first-order valence-electron chi connectivity index (χ1n) is 13.5. The summed E-state index contributed by atoms with van der Waals surface area (Å²) in [5.74, 6) is 3.51. The van der Waals surface area contributed by atoms with E-state index in [-0.39, 0.29) is 0 Å². The molecule has 3 aliphatic carbocycles. The summed E-state index contributed by atoms with van der Waals surface area (Å²) in [5.41, 5.74) is 11.6. The second kappa shape index (κ2) is 9.37. The molecule has 3 saturated carbocycles. The molecule has 33 heavy (non-hydrogen) atoms. The lowest BCUT2D eigenvalue weighted by atomic mass is 9.92. The number of nitrogens with zero attached hydrogens (tertiary/aromatic N) is 5. The van der Waals surface area contributed by atoms with Crippen LogP contribution in [0.2, 0.25) is 0 Å². The van der Waals surface area contributed by atoms with E-state index in [0.717, 1.165) is 73.5 Å². The largest absolute Gasteiger partial charge is 0.351 e. The summed E-state index contributed by atoms with van der Waals surface area (Å²) in [4.78, 5) is 14.7. The summed E-state index contributed by atoms with van der Waals surface area (Å²) in [6, 6.07) is 1.25. The summed E-state index contributed by atoms with van der Waals surface area (Å²) in [5, 5.41) is 5.99. The zero-order valence-electron chi connectivity index (χ0n) is 19.9. The van der Waals surface area contributed by atoms with Crippen molar-refractivity contribution >= 4 is 22.9 Å². The van der Waals surface area contributed by atoms with Gasteiger partial charge in [-0.05, 0) is 69.6 Å². The van der Waals surface area contributed by atoms with E-state index >= 15 is 0 Å². The number of hydrazine groups is 1. The van der Waals surface area contributed by atoms with Gasteiger partial charge in [0, 0.05) is 31.2 Å². The van der Waals surface area contributed by atoms with E-state index in [9.17, 15) is 0 Å². The van der Waals surface area contributed by atoms with Crippen molar-refractivity contribution in [2.45, 2.75) is 102 Å². The summed E-state index contributed by atoms with van der Waals surface area (Å²) in [6.07, 6.45) is 18.3. The van der Waals surface area contributed by atoms with Crippen molar-refractivity contribution in [3.8, 4) is 0 Å². The van der Waals surface area contributed by atoms with Crippen LogP contribution in [0.25, 0.3) is 11.2 Å². The summed E-state index contributed by atoms with van der Waals surface area (Å²) >= 11 is 0. The fourth-order valence-corrected chi connectivity index (χ4v) is 6.21. The van der Waals surface area contributed by atoms with Gasteiger partial charge in [-0.1, -0.05) is 25.7 Å². The quantitative estimate of drug-likeness (QED) is 0.570. The van der Waals surface area contributed by atoms with Crippen molar-refractivity contribution in [2.75, 3.05) is 23.8 Å². The number of anilines is 2. The first-order chi connectivity index (χ1) is 16.2. The van der Waals surface area contributed by atoms with Crippen LogP contribution in [0.5, 0.6) is 0 Å². The first kappa shape index (κ1) is 21.6. The average molecular weight is 453 g/mol. The number of aromatic nitrogens is 4. The lowest BCUT2D eigenvalue weighted by Crippen LogP contribution is -2.38. The molecule has 0 spiro atoms. The Bertz CT molecular complexity index is 931. The number of piperidine rings is 1. The van der Waals surface area contributed by atoms with E-state index in [1.807, 2.05) is 6.33 Å². The highest BCUT2D eigenvalue weighted by Gasteiger charge is 2.29. The molecule has 8 heteroatoms. The van der Waals surface area contributed by atoms with E-state index < -0.39 is 0 Å². The molecule has 1 saturated heterocycles. The molecule has 1 aliphatic heterocycles. The van der Waals surface area contributed by atoms with Crippen LogP contribution >= 0.6 is 0 Å². The zero-order chi connectivity index (χ0) is 22.2. The third kappa shape index (κ3) is 4.97. The zero-order valence-corrected chi connectivity index (χ0v) is 19.9. The van der Waals surface area contributed by atoms with E-state index in [0.29, 0.717) is 18.1 Å². The number of fused-ring (bicyclic) bond motifs is 1. The van der Waals surface area contributed by atoms with Gasteiger partial charge >= 0.3 is 0 Å². The molecule has 0 bridgehead atoms. The Morgan fingerprint density at radius 2 is 1.61 bits per heavy atom. The lowest BCUT2D eigenvalue weighted by Gasteiger charge is -2.32. The van der Waals surface area contributed by atoms with Gasteiger partial charge in [0.1, 0.15) is 0 Å². The van der Waals surface area contributed by atoms with Crippen molar-refractivity contribution in [2.24, 2.45) is 17.6 Å². The highest BCUT2D eigenvalue weighted by molar-refractivity contribution is 5.84. The monoisotopic (exact) mass is 452 g/mol. The van der Waals surface area contributed by atoms with Gasteiger partial charge in [0.15, 0.2) is 17.0 Å². The maximum absolute atomic E-state index is 6.12. The fraction of sp³-hybridized carbons (Fsp3) is 0.800. The van der Waals surface area contributed by atoms with Crippen molar-refractivity contribution in [3.63, 3.8) is 0 Å². The van der Waals surface area contributed by atoms with Gasteiger partial charge in [-0.25, -0.2) is 9.99 Å². The second-order valence-corrected chi connectivity index (χ2v) is 11.1. The van der Waals surface area contributed by atoms with Gasteiger partial charge in [0.25, 0.3) is 0 Å². The van der Waals surface area contributed by atoms with Crippen molar-refractivity contribution in [1.29, 1.82) is 0 Å². The van der Waals surface area contributed by atoms with E-state index in [4.69, 9.17) is 20.7 Å². The second-order valence-electron chi connectivity index (χ2n) is 11.1. The molecule has 0 unspecified atom stereocenters. The fourth-order valence-electron chi connectivity index (χ4n) is 6.21. The molecule has 3 heterocycles. The molecule has 4 aliphatic rings. The Kier molecular flexibility index (Phi) is 6.13. The third-order valence-corrected chi connectivity index (χ3v) is 8.49. The van der Waals surface area contributed by atoms with Crippen LogP contribution in [0, 0.1) is 11.8 Å². The maximum Gasteiger partial charge on any atom is 0.227 e. The minimum atomic E-state index is 0.343. The molecule has 2 aromatic heterocycles. The Balaban J connectivity index is 1.22. The molecule has 0 atom stereocenters. The third-order valence-electron chi connectivity index (χ3n) is 8.49. The smallest absolute Gasteiger partial charge is 0.227 e. The number of nitrogens with two attached hydrogens (primary N) is 1. The number of nitrogens with one attached hydrogen (secondary N) is 2. The lowest BCUT2D eigenvalue weighted by molar-refractivity contribution is 0.205. The Labute approximate surface area is 197 Å². The topological polar surface area (TPSA) is 96.9 Å². The van der Waals surface area contributed by atoms with E-state index in [1.165, 1.54) is 57.8 Å². The van der Waals surface area contributed by atoms with Crippen LogP contribution in [0.1, 0.15) is 89.5 Å². The molecule has 2 aromatic rings. The molecular formula is C25H40N8. The van der Waals surface area contributed by atoms with Crippen LogP contribution in [0.15, 0.2) is 6.33 Å².